The third-order valence-corrected chi connectivity index (χ3v) is 6.61. The smallest absolute Gasteiger partial charge is 0.256 e. The maximum absolute atomic E-state index is 12.9. The Balaban J connectivity index is 1.46. The molecule has 3 aliphatic rings. The molecule has 2 fully saturated rings. The second kappa shape index (κ2) is 9.25. The van der Waals surface area contributed by atoms with Gasteiger partial charge in [-0.15, -0.1) is 11.6 Å². The minimum absolute atomic E-state index is 0.0914. The molecule has 172 valence electrons. The summed E-state index contributed by atoms with van der Waals surface area (Å²) in [4.78, 5) is 31.1. The summed E-state index contributed by atoms with van der Waals surface area (Å²) in [6, 6.07) is 0.909. The van der Waals surface area contributed by atoms with Gasteiger partial charge in [0.2, 0.25) is 0 Å². The maximum atomic E-state index is 12.9. The zero-order chi connectivity index (χ0) is 23.0. The molecular weight excluding hydrogens is 426 g/mol. The van der Waals surface area contributed by atoms with Crippen molar-refractivity contribution in [2.75, 3.05) is 26.2 Å². The van der Waals surface area contributed by atoms with E-state index in [2.05, 4.69) is 39.7 Å². The Kier molecular flexibility index (Phi) is 6.60. The summed E-state index contributed by atoms with van der Waals surface area (Å²) in [6.07, 6.45) is 6.39. The molecule has 4 rings (SSSR count). The Morgan fingerprint density at radius 1 is 1.28 bits per heavy atom. The first-order chi connectivity index (χ1) is 15.2. The Morgan fingerprint density at radius 3 is 2.72 bits per heavy atom. The second-order valence-electron chi connectivity index (χ2n) is 9.11. The van der Waals surface area contributed by atoms with Crippen LogP contribution in [0.1, 0.15) is 47.6 Å². The van der Waals surface area contributed by atoms with Gasteiger partial charge in [-0.3, -0.25) is 14.5 Å². The van der Waals surface area contributed by atoms with Gasteiger partial charge in [0.25, 0.3) is 11.8 Å². The number of piperazine rings is 1. The number of amides is 2. The van der Waals surface area contributed by atoms with Crippen LogP contribution < -0.4 is 16.0 Å². The average Bonchev–Trinajstić information content (AvgIpc) is 3.16. The number of hydrogen-bond acceptors (Lipinski definition) is 4. The molecule has 7 nitrogen and oxygen atoms in total. The van der Waals surface area contributed by atoms with Gasteiger partial charge in [-0.1, -0.05) is 12.2 Å². The van der Waals surface area contributed by atoms with Gasteiger partial charge in [0, 0.05) is 60.9 Å². The van der Waals surface area contributed by atoms with Crippen LogP contribution in [0.25, 0.3) is 6.08 Å². The van der Waals surface area contributed by atoms with Crippen molar-refractivity contribution in [3.63, 3.8) is 0 Å². The van der Waals surface area contributed by atoms with Gasteiger partial charge in [0.15, 0.2) is 0 Å². The largest absolute Gasteiger partial charge is 0.358 e. The summed E-state index contributed by atoms with van der Waals surface area (Å²) in [6.45, 7) is 11.6. The average molecular weight is 458 g/mol. The van der Waals surface area contributed by atoms with Crippen LogP contribution >= 0.6 is 11.6 Å². The van der Waals surface area contributed by atoms with Gasteiger partial charge in [0.1, 0.15) is 0 Å². The Morgan fingerprint density at radius 2 is 2.00 bits per heavy atom. The van der Waals surface area contributed by atoms with Crippen molar-refractivity contribution in [1.82, 2.24) is 25.8 Å². The van der Waals surface area contributed by atoms with Crippen LogP contribution in [0, 0.1) is 13.8 Å². The first-order valence-electron chi connectivity index (χ1n) is 11.3. The number of halogens is 1. The van der Waals surface area contributed by atoms with Crippen molar-refractivity contribution in [1.29, 1.82) is 0 Å². The van der Waals surface area contributed by atoms with Crippen LogP contribution in [0.4, 0.5) is 0 Å². The van der Waals surface area contributed by atoms with Crippen LogP contribution in [-0.4, -0.2) is 65.3 Å². The number of carbonyl (C=O) groups excluding carboxylic acids is 2. The molecule has 3 atom stereocenters. The molecule has 2 saturated heterocycles. The number of aromatic amines is 1. The summed E-state index contributed by atoms with van der Waals surface area (Å²) in [7, 11) is 0. The van der Waals surface area contributed by atoms with E-state index < -0.39 is 0 Å². The molecule has 4 N–H and O–H groups in total. The third-order valence-electron chi connectivity index (χ3n) is 6.31. The number of carbonyl (C=O) groups is 2. The van der Waals surface area contributed by atoms with Crippen LogP contribution in [0.5, 0.6) is 0 Å². The molecule has 8 heteroatoms. The topological polar surface area (TPSA) is 89.3 Å². The summed E-state index contributed by atoms with van der Waals surface area (Å²) >= 11 is 6.27. The lowest BCUT2D eigenvalue weighted by Gasteiger charge is -2.36. The minimum atomic E-state index is -0.148. The third kappa shape index (κ3) is 4.70. The monoisotopic (exact) mass is 457 g/mol. The molecule has 2 amide bonds. The van der Waals surface area contributed by atoms with Gasteiger partial charge < -0.3 is 20.9 Å². The van der Waals surface area contributed by atoms with Gasteiger partial charge in [-0.05, 0) is 45.8 Å². The van der Waals surface area contributed by atoms with E-state index in [1.165, 1.54) is 0 Å². The number of hydrogen-bond donors (Lipinski definition) is 4. The number of nitrogens with one attached hydrogen (secondary N) is 4. The first-order valence-corrected chi connectivity index (χ1v) is 11.7. The van der Waals surface area contributed by atoms with E-state index in [9.17, 15) is 9.59 Å². The van der Waals surface area contributed by atoms with Crippen molar-refractivity contribution in [2.45, 2.75) is 51.6 Å². The fourth-order valence-corrected chi connectivity index (χ4v) is 5.14. The fourth-order valence-electron chi connectivity index (χ4n) is 4.93. The summed E-state index contributed by atoms with van der Waals surface area (Å²) in [5.74, 6) is -0.239. The van der Waals surface area contributed by atoms with Gasteiger partial charge in [-0.25, -0.2) is 0 Å². The number of H-pyrrole nitrogens is 1. The van der Waals surface area contributed by atoms with E-state index in [0.717, 1.165) is 47.9 Å². The highest BCUT2D eigenvalue weighted by molar-refractivity contribution is 6.22. The fraction of sp³-hybridized carbons (Fsp3) is 0.500. The molecule has 0 aromatic carbocycles. The van der Waals surface area contributed by atoms with Crippen LogP contribution in [0.2, 0.25) is 0 Å². The minimum Gasteiger partial charge on any atom is -0.358 e. The highest BCUT2D eigenvalue weighted by Crippen LogP contribution is 2.33. The zero-order valence-corrected chi connectivity index (χ0v) is 19.9. The second-order valence-corrected chi connectivity index (χ2v) is 9.67. The van der Waals surface area contributed by atoms with E-state index in [-0.39, 0.29) is 17.2 Å². The zero-order valence-electron chi connectivity index (χ0n) is 19.1. The molecule has 0 radical (unpaired) electrons. The van der Waals surface area contributed by atoms with Gasteiger partial charge in [-0.2, -0.15) is 0 Å². The van der Waals surface area contributed by atoms with Crippen molar-refractivity contribution >= 4 is 29.5 Å². The molecule has 0 saturated carbocycles. The highest BCUT2D eigenvalue weighted by atomic mass is 35.5. The van der Waals surface area contributed by atoms with Crippen molar-refractivity contribution in [3.8, 4) is 0 Å². The van der Waals surface area contributed by atoms with Crippen LogP contribution in [0.3, 0.4) is 0 Å². The molecule has 3 heterocycles. The van der Waals surface area contributed by atoms with E-state index in [1.807, 2.05) is 32.1 Å². The number of fused-ring (bicyclic) bond motifs is 1. The Labute approximate surface area is 194 Å². The highest BCUT2D eigenvalue weighted by Gasteiger charge is 2.30. The molecule has 3 unspecified atom stereocenters. The quantitative estimate of drug-likeness (QED) is 0.403. The van der Waals surface area contributed by atoms with E-state index in [0.29, 0.717) is 36.2 Å². The first kappa shape index (κ1) is 22.8. The van der Waals surface area contributed by atoms with Crippen molar-refractivity contribution < 1.29 is 9.59 Å². The standard InChI is InChI=1S/C24H32ClN5O2/c1-13-11-30(12-14(2)27-13)8-7-26-24(32)22-15(3)21(28-16(22)4)10-19-18-9-17(25)5-6-20(18)29-23(19)31/h6,9-10,13-14,17,27-28H,5,7-8,11-12H2,1-4H3,(H,26,32)(H,29,31). The van der Waals surface area contributed by atoms with Gasteiger partial charge >= 0.3 is 0 Å². The summed E-state index contributed by atoms with van der Waals surface area (Å²) in [5.41, 5.74) is 5.24. The Hall–Kier alpha value is -2.35. The summed E-state index contributed by atoms with van der Waals surface area (Å²) in [5, 5.41) is 9.36. The molecule has 1 aliphatic carbocycles. The van der Waals surface area contributed by atoms with Crippen molar-refractivity contribution in [2.24, 2.45) is 0 Å². The predicted molar refractivity (Wildman–Crippen MR) is 128 cm³/mol. The molecule has 0 bridgehead atoms. The van der Waals surface area contributed by atoms with Crippen molar-refractivity contribution in [3.05, 3.63) is 51.5 Å². The number of aryl methyl sites for hydroxylation is 1. The number of rotatable bonds is 5. The molecule has 1 aromatic heterocycles. The SMILES string of the molecule is Cc1[nH]c(C=C2C(=O)NC3=CCC(Cl)C=C32)c(C)c1C(=O)NCCN1CC(C)NC(C)C1. The Bertz CT molecular complexity index is 1010. The molecule has 1 aromatic rings. The number of alkyl halides is 1. The molecule has 32 heavy (non-hydrogen) atoms. The van der Waals surface area contributed by atoms with E-state index in [1.54, 1.807) is 0 Å². The van der Waals surface area contributed by atoms with Crippen LogP contribution in [0.15, 0.2) is 29.0 Å². The van der Waals surface area contributed by atoms with E-state index >= 15 is 0 Å². The predicted octanol–water partition coefficient (Wildman–Crippen LogP) is 2.38. The lowest BCUT2D eigenvalue weighted by atomic mass is 9.98. The number of aromatic nitrogens is 1. The van der Waals surface area contributed by atoms with E-state index in [4.69, 9.17) is 11.6 Å². The molecule has 2 aliphatic heterocycles. The lowest BCUT2D eigenvalue weighted by molar-refractivity contribution is -0.115. The molecule has 0 spiro atoms. The molecular formula is C24H32ClN5O2. The van der Waals surface area contributed by atoms with Gasteiger partial charge in [0.05, 0.1) is 16.5 Å². The maximum Gasteiger partial charge on any atom is 0.256 e. The van der Waals surface area contributed by atoms with Crippen LogP contribution in [-0.2, 0) is 4.79 Å². The summed E-state index contributed by atoms with van der Waals surface area (Å²) < 4.78 is 0. The number of nitrogens with zero attached hydrogens (tertiary/aromatic N) is 1. The normalized spacial score (nSPS) is 27.1. The lowest BCUT2D eigenvalue weighted by Crippen LogP contribution is -2.55. The number of allylic oxidation sites excluding steroid dienone is 3.